The second kappa shape index (κ2) is 8.74. The summed E-state index contributed by atoms with van der Waals surface area (Å²) in [7, 11) is 1.47. The van der Waals surface area contributed by atoms with E-state index in [0.717, 1.165) is 17.4 Å². The molecule has 4 rings (SSSR count). The molecule has 0 radical (unpaired) electrons. The molecule has 0 atom stereocenters. The van der Waals surface area contributed by atoms with Crippen LogP contribution in [0.1, 0.15) is 27.2 Å². The van der Waals surface area contributed by atoms with Crippen molar-refractivity contribution >= 4 is 11.6 Å². The molecule has 0 aliphatic rings. The van der Waals surface area contributed by atoms with Gasteiger partial charge in [0.05, 0.1) is 11.3 Å². The number of carbonyl (C=O) groups excluding carboxylic acids is 1. The second-order valence-corrected chi connectivity index (χ2v) is 7.33. The normalized spacial score (nSPS) is 11.5. The van der Waals surface area contributed by atoms with Crippen LogP contribution in [0.5, 0.6) is 5.75 Å². The number of rotatable bonds is 6. The number of hydrogen-bond acceptors (Lipinski definition) is 3. The molecule has 2 heterocycles. The number of alkyl halides is 3. The maximum atomic E-state index is 13.2. The molecule has 0 saturated heterocycles. The van der Waals surface area contributed by atoms with Crippen LogP contribution in [0.2, 0.25) is 0 Å². The number of nitrogens with zero attached hydrogens (tertiary/aromatic N) is 3. The Morgan fingerprint density at radius 1 is 1.06 bits per heavy atom. The fraction of sp³-hybridized carbons (Fsp3) is 0.167. The number of aromatic nitrogens is 2. The standard InChI is InChI=1S/C24H20F3N3O2/c1-29(14-18-7-2-3-10-21(18)24(25,26)27)23(31)17-8-6-9-20(13-17)32-16-19-15-30-12-5-4-11-22(30)28-19/h2-13,15H,14,16H2,1H3. The van der Waals surface area contributed by atoms with E-state index in [4.69, 9.17) is 4.74 Å². The zero-order valence-corrected chi connectivity index (χ0v) is 17.2. The molecule has 32 heavy (non-hydrogen) atoms. The van der Waals surface area contributed by atoms with Gasteiger partial charge in [-0.15, -0.1) is 0 Å². The van der Waals surface area contributed by atoms with Gasteiger partial charge in [-0.2, -0.15) is 13.2 Å². The number of imidazole rings is 1. The molecule has 4 aromatic rings. The molecule has 0 N–H and O–H groups in total. The average molecular weight is 439 g/mol. The summed E-state index contributed by atoms with van der Waals surface area (Å²) in [5.74, 6) is 0.0668. The average Bonchev–Trinajstić information content (AvgIpc) is 3.20. The highest BCUT2D eigenvalue weighted by Gasteiger charge is 2.33. The summed E-state index contributed by atoms with van der Waals surface area (Å²) in [5, 5.41) is 0. The second-order valence-electron chi connectivity index (χ2n) is 7.33. The lowest BCUT2D eigenvalue weighted by atomic mass is 10.1. The maximum absolute atomic E-state index is 13.2. The Morgan fingerprint density at radius 3 is 2.62 bits per heavy atom. The number of ether oxygens (including phenoxy) is 1. The topological polar surface area (TPSA) is 46.8 Å². The first-order chi connectivity index (χ1) is 15.3. The molecule has 164 valence electrons. The Bertz CT molecular complexity index is 1220. The van der Waals surface area contributed by atoms with E-state index in [1.807, 2.05) is 35.0 Å². The van der Waals surface area contributed by atoms with Gasteiger partial charge in [-0.1, -0.05) is 30.3 Å². The van der Waals surface area contributed by atoms with E-state index in [1.165, 1.54) is 30.1 Å². The Kier molecular flexibility index (Phi) is 5.85. The largest absolute Gasteiger partial charge is 0.487 e. The van der Waals surface area contributed by atoms with Crippen LogP contribution >= 0.6 is 0 Å². The Hall–Kier alpha value is -3.81. The molecule has 0 aliphatic heterocycles. The molecule has 0 spiro atoms. The Balaban J connectivity index is 1.45. The summed E-state index contributed by atoms with van der Waals surface area (Å²) in [6, 6.07) is 17.5. The number of amides is 1. The lowest BCUT2D eigenvalue weighted by Crippen LogP contribution is -2.27. The molecule has 0 fully saturated rings. The molecule has 0 unspecified atom stereocenters. The van der Waals surface area contributed by atoms with Crippen molar-refractivity contribution in [2.75, 3.05) is 7.05 Å². The zero-order valence-electron chi connectivity index (χ0n) is 17.2. The number of carbonyl (C=O) groups is 1. The van der Waals surface area contributed by atoms with Crippen LogP contribution in [0.25, 0.3) is 5.65 Å². The first kappa shape index (κ1) is 21.4. The summed E-state index contributed by atoms with van der Waals surface area (Å²) in [5.41, 5.74) is 1.15. The van der Waals surface area contributed by atoms with Crippen molar-refractivity contribution < 1.29 is 22.7 Å². The van der Waals surface area contributed by atoms with Crippen LogP contribution < -0.4 is 4.74 Å². The predicted molar refractivity (Wildman–Crippen MR) is 113 cm³/mol. The van der Waals surface area contributed by atoms with Crippen molar-refractivity contribution in [3.8, 4) is 5.75 Å². The van der Waals surface area contributed by atoms with Gasteiger partial charge in [-0.3, -0.25) is 4.79 Å². The van der Waals surface area contributed by atoms with Gasteiger partial charge < -0.3 is 14.0 Å². The summed E-state index contributed by atoms with van der Waals surface area (Å²) in [6.07, 6.45) is -0.736. The van der Waals surface area contributed by atoms with Crippen molar-refractivity contribution in [2.45, 2.75) is 19.3 Å². The van der Waals surface area contributed by atoms with Crippen LogP contribution in [0.15, 0.2) is 79.1 Å². The van der Waals surface area contributed by atoms with Gasteiger partial charge in [0.15, 0.2) is 0 Å². The van der Waals surface area contributed by atoms with E-state index in [2.05, 4.69) is 4.98 Å². The molecule has 2 aromatic carbocycles. The van der Waals surface area contributed by atoms with Gasteiger partial charge in [-0.05, 0) is 42.0 Å². The first-order valence-corrected chi connectivity index (χ1v) is 9.87. The highest BCUT2D eigenvalue weighted by atomic mass is 19.4. The molecule has 0 bridgehead atoms. The van der Waals surface area contributed by atoms with Gasteiger partial charge in [0, 0.05) is 31.5 Å². The van der Waals surface area contributed by atoms with E-state index < -0.39 is 17.6 Å². The molecule has 1 amide bonds. The van der Waals surface area contributed by atoms with Crippen LogP contribution in [0.3, 0.4) is 0 Å². The summed E-state index contributed by atoms with van der Waals surface area (Å²) in [4.78, 5) is 18.5. The van der Waals surface area contributed by atoms with Crippen LogP contribution in [0.4, 0.5) is 13.2 Å². The molecule has 0 saturated carbocycles. The van der Waals surface area contributed by atoms with E-state index in [0.29, 0.717) is 11.3 Å². The van der Waals surface area contributed by atoms with Crippen molar-refractivity contribution in [2.24, 2.45) is 0 Å². The molecule has 2 aromatic heterocycles. The van der Waals surface area contributed by atoms with Crippen molar-refractivity contribution in [3.05, 3.63) is 102 Å². The fourth-order valence-electron chi connectivity index (χ4n) is 3.42. The summed E-state index contributed by atoms with van der Waals surface area (Å²) < 4.78 is 47.4. The van der Waals surface area contributed by atoms with Crippen molar-refractivity contribution in [1.82, 2.24) is 14.3 Å². The number of fused-ring (bicyclic) bond motifs is 1. The minimum atomic E-state index is -4.48. The number of halogens is 3. The third kappa shape index (κ3) is 4.74. The summed E-state index contributed by atoms with van der Waals surface area (Å²) >= 11 is 0. The molecule has 0 aliphatic carbocycles. The Labute approximate surface area is 182 Å². The van der Waals surface area contributed by atoms with Crippen LogP contribution in [-0.4, -0.2) is 27.2 Å². The third-order valence-corrected chi connectivity index (χ3v) is 4.96. The number of hydrogen-bond donors (Lipinski definition) is 0. The SMILES string of the molecule is CN(Cc1ccccc1C(F)(F)F)C(=O)c1cccc(OCc2cn3ccccc3n2)c1. The lowest BCUT2D eigenvalue weighted by molar-refractivity contribution is -0.138. The van der Waals surface area contributed by atoms with Gasteiger partial charge in [-0.25, -0.2) is 4.98 Å². The minimum Gasteiger partial charge on any atom is -0.487 e. The number of benzene rings is 2. The smallest absolute Gasteiger partial charge is 0.416 e. The van der Waals surface area contributed by atoms with E-state index in [9.17, 15) is 18.0 Å². The first-order valence-electron chi connectivity index (χ1n) is 9.87. The molecular weight excluding hydrogens is 419 g/mol. The quantitative estimate of drug-likeness (QED) is 0.415. The van der Waals surface area contributed by atoms with Crippen molar-refractivity contribution in [3.63, 3.8) is 0 Å². The van der Waals surface area contributed by atoms with E-state index >= 15 is 0 Å². The highest BCUT2D eigenvalue weighted by Crippen LogP contribution is 2.32. The third-order valence-electron chi connectivity index (χ3n) is 4.96. The molecular formula is C24H20F3N3O2. The summed E-state index contributed by atoms with van der Waals surface area (Å²) in [6.45, 7) is 0.0506. The number of pyridine rings is 1. The predicted octanol–water partition coefficient (Wildman–Crippen LogP) is 5.20. The van der Waals surface area contributed by atoms with Crippen molar-refractivity contribution in [1.29, 1.82) is 0 Å². The lowest BCUT2D eigenvalue weighted by Gasteiger charge is -2.20. The van der Waals surface area contributed by atoms with Gasteiger partial charge in [0.1, 0.15) is 18.0 Å². The zero-order chi connectivity index (χ0) is 22.7. The maximum Gasteiger partial charge on any atom is 0.416 e. The van der Waals surface area contributed by atoms with Crippen LogP contribution in [0, 0.1) is 0 Å². The van der Waals surface area contributed by atoms with Crippen LogP contribution in [-0.2, 0) is 19.3 Å². The van der Waals surface area contributed by atoms with Gasteiger partial charge in [0.2, 0.25) is 0 Å². The minimum absolute atomic E-state index is 0.0371. The monoisotopic (exact) mass is 439 g/mol. The Morgan fingerprint density at radius 2 is 1.84 bits per heavy atom. The fourth-order valence-corrected chi connectivity index (χ4v) is 3.42. The van der Waals surface area contributed by atoms with Gasteiger partial charge in [0.25, 0.3) is 5.91 Å². The highest BCUT2D eigenvalue weighted by molar-refractivity contribution is 5.94. The van der Waals surface area contributed by atoms with E-state index in [-0.39, 0.29) is 18.7 Å². The van der Waals surface area contributed by atoms with E-state index in [1.54, 1.807) is 24.3 Å². The van der Waals surface area contributed by atoms with Gasteiger partial charge >= 0.3 is 6.18 Å². The molecule has 8 heteroatoms. The molecule has 5 nitrogen and oxygen atoms in total.